The highest BCUT2D eigenvalue weighted by atomic mass is 32.2. The summed E-state index contributed by atoms with van der Waals surface area (Å²) in [7, 11) is -1.91. The lowest BCUT2D eigenvalue weighted by Gasteiger charge is -2.21. The number of carbonyl (C=O) groups excluding carboxylic acids is 1. The molecule has 3 aromatic rings. The molecule has 1 aromatic heterocycles. The maximum atomic E-state index is 12.9. The van der Waals surface area contributed by atoms with E-state index in [0.717, 1.165) is 28.7 Å². The summed E-state index contributed by atoms with van der Waals surface area (Å²) in [5.74, 6) is 0.681. The Hall–Kier alpha value is -2.64. The van der Waals surface area contributed by atoms with Crippen LogP contribution >= 0.6 is 0 Å². The summed E-state index contributed by atoms with van der Waals surface area (Å²) < 4.78 is 33.4. The molecule has 0 aliphatic heterocycles. The molecular weight excluding hydrogens is 400 g/mol. The third kappa shape index (κ3) is 4.74. The molecule has 0 radical (unpaired) electrons. The summed E-state index contributed by atoms with van der Waals surface area (Å²) in [5, 5.41) is 1.00. The first-order chi connectivity index (χ1) is 14.0. The van der Waals surface area contributed by atoms with Gasteiger partial charge in [0.2, 0.25) is 10.0 Å². The number of nitrogens with one attached hydrogen (secondary N) is 1. The molecule has 6 nitrogen and oxygen atoms in total. The monoisotopic (exact) mass is 428 g/mol. The molecule has 0 spiro atoms. The van der Waals surface area contributed by atoms with Gasteiger partial charge in [-0.05, 0) is 51.1 Å². The van der Waals surface area contributed by atoms with Crippen molar-refractivity contribution >= 4 is 26.9 Å². The first kappa shape index (κ1) is 22.1. The van der Waals surface area contributed by atoms with Crippen LogP contribution in [0.3, 0.4) is 0 Å². The summed E-state index contributed by atoms with van der Waals surface area (Å²) in [6.45, 7) is 7.77. The Bertz CT molecular complexity index is 1160. The maximum Gasteiger partial charge on any atom is 0.253 e. The molecule has 2 aromatic carbocycles. The molecule has 160 valence electrons. The molecule has 1 heterocycles. The number of furan rings is 1. The number of hydrogen-bond acceptors (Lipinski definition) is 4. The first-order valence-electron chi connectivity index (χ1n) is 9.90. The van der Waals surface area contributed by atoms with E-state index in [1.807, 2.05) is 31.2 Å². The van der Waals surface area contributed by atoms with Crippen LogP contribution in [-0.4, -0.2) is 31.8 Å². The molecular formula is C23H28N2O4S. The van der Waals surface area contributed by atoms with E-state index in [1.54, 1.807) is 44.9 Å². The van der Waals surface area contributed by atoms with Crippen LogP contribution < -0.4 is 4.72 Å². The van der Waals surface area contributed by atoms with E-state index in [2.05, 4.69) is 4.72 Å². The van der Waals surface area contributed by atoms with E-state index in [4.69, 9.17) is 4.42 Å². The molecule has 30 heavy (non-hydrogen) atoms. The topological polar surface area (TPSA) is 79.6 Å². The molecule has 3 rings (SSSR count). The van der Waals surface area contributed by atoms with Gasteiger partial charge in [0.1, 0.15) is 11.3 Å². The quantitative estimate of drug-likeness (QED) is 0.633. The standard InChI is InChI=1S/C23H28N2O4S/c1-6-20-19(18-9-7-8-10-21(18)29-20)15-25(5)22(26)16-11-13-17(14-12-16)30(27,28)24-23(2,3)4/h7-14,24H,6,15H2,1-5H3. The smallest absolute Gasteiger partial charge is 0.253 e. The molecule has 0 fully saturated rings. The minimum Gasteiger partial charge on any atom is -0.461 e. The highest BCUT2D eigenvalue weighted by molar-refractivity contribution is 7.89. The lowest BCUT2D eigenvalue weighted by Crippen LogP contribution is -2.40. The summed E-state index contributed by atoms with van der Waals surface area (Å²) >= 11 is 0. The van der Waals surface area contributed by atoms with Gasteiger partial charge < -0.3 is 9.32 Å². The van der Waals surface area contributed by atoms with Crippen LogP contribution in [0.5, 0.6) is 0 Å². The van der Waals surface area contributed by atoms with Crippen molar-refractivity contribution in [1.82, 2.24) is 9.62 Å². The second kappa shape index (κ2) is 8.24. The van der Waals surface area contributed by atoms with E-state index in [0.29, 0.717) is 12.1 Å². The van der Waals surface area contributed by atoms with E-state index in [-0.39, 0.29) is 10.8 Å². The predicted molar refractivity (Wildman–Crippen MR) is 118 cm³/mol. The zero-order valence-corrected chi connectivity index (χ0v) is 18.8. The Balaban J connectivity index is 1.81. The van der Waals surface area contributed by atoms with Crippen LogP contribution in [0.15, 0.2) is 57.8 Å². The minimum atomic E-state index is -3.64. The van der Waals surface area contributed by atoms with Crippen LogP contribution in [0.2, 0.25) is 0 Å². The van der Waals surface area contributed by atoms with Crippen LogP contribution in [-0.2, 0) is 23.0 Å². The van der Waals surface area contributed by atoms with Crippen LogP contribution in [0, 0.1) is 0 Å². The van der Waals surface area contributed by atoms with Crippen molar-refractivity contribution in [3.8, 4) is 0 Å². The highest BCUT2D eigenvalue weighted by Gasteiger charge is 2.23. The van der Waals surface area contributed by atoms with Crippen molar-refractivity contribution < 1.29 is 17.6 Å². The van der Waals surface area contributed by atoms with E-state index in [1.165, 1.54) is 12.1 Å². The van der Waals surface area contributed by atoms with Gasteiger partial charge in [-0.3, -0.25) is 4.79 Å². The number of benzene rings is 2. The number of sulfonamides is 1. The van der Waals surface area contributed by atoms with Gasteiger partial charge in [0, 0.05) is 42.1 Å². The number of hydrogen-bond donors (Lipinski definition) is 1. The fraction of sp³-hybridized carbons (Fsp3) is 0.348. The number of nitrogens with zero attached hydrogens (tertiary/aromatic N) is 1. The van der Waals surface area contributed by atoms with Gasteiger partial charge >= 0.3 is 0 Å². The van der Waals surface area contributed by atoms with Crippen molar-refractivity contribution in [3.05, 3.63) is 65.4 Å². The van der Waals surface area contributed by atoms with Gasteiger partial charge in [0.15, 0.2) is 0 Å². The average Bonchev–Trinajstić information content (AvgIpc) is 3.03. The van der Waals surface area contributed by atoms with Crippen LogP contribution in [0.25, 0.3) is 11.0 Å². The summed E-state index contributed by atoms with van der Waals surface area (Å²) in [6.07, 6.45) is 0.735. The van der Waals surface area contributed by atoms with Crippen molar-refractivity contribution in [2.24, 2.45) is 0 Å². The zero-order chi connectivity index (χ0) is 22.1. The lowest BCUT2D eigenvalue weighted by molar-refractivity contribution is 0.0785. The fourth-order valence-corrected chi connectivity index (χ4v) is 4.79. The number of rotatable bonds is 6. The SMILES string of the molecule is CCc1oc2ccccc2c1CN(C)C(=O)c1ccc(S(=O)(=O)NC(C)(C)C)cc1. The molecule has 0 saturated heterocycles. The summed E-state index contributed by atoms with van der Waals surface area (Å²) in [4.78, 5) is 14.7. The summed E-state index contributed by atoms with van der Waals surface area (Å²) in [5.41, 5.74) is 1.65. The normalized spacial score (nSPS) is 12.3. The molecule has 0 unspecified atom stereocenters. The Morgan fingerprint density at radius 1 is 1.07 bits per heavy atom. The fourth-order valence-electron chi connectivity index (χ4n) is 3.38. The lowest BCUT2D eigenvalue weighted by atomic mass is 10.1. The van der Waals surface area contributed by atoms with Gasteiger partial charge in [-0.25, -0.2) is 13.1 Å². The van der Waals surface area contributed by atoms with Gasteiger partial charge in [0.05, 0.1) is 4.90 Å². The van der Waals surface area contributed by atoms with Gasteiger partial charge in [-0.15, -0.1) is 0 Å². The minimum absolute atomic E-state index is 0.130. The predicted octanol–water partition coefficient (Wildman–Crippen LogP) is 4.34. The van der Waals surface area contributed by atoms with E-state index in [9.17, 15) is 13.2 Å². The van der Waals surface area contributed by atoms with Crippen LogP contribution in [0.1, 0.15) is 49.4 Å². The first-order valence-corrected chi connectivity index (χ1v) is 11.4. The zero-order valence-electron chi connectivity index (χ0n) is 18.0. The third-order valence-corrected chi connectivity index (χ3v) is 6.47. The van der Waals surface area contributed by atoms with Crippen molar-refractivity contribution in [1.29, 1.82) is 0 Å². The number of aryl methyl sites for hydroxylation is 1. The van der Waals surface area contributed by atoms with Gasteiger partial charge in [0.25, 0.3) is 5.91 Å². The Labute approximate surface area is 177 Å². The highest BCUT2D eigenvalue weighted by Crippen LogP contribution is 2.27. The Morgan fingerprint density at radius 2 is 1.70 bits per heavy atom. The third-order valence-electron chi connectivity index (χ3n) is 4.70. The molecule has 1 amide bonds. The Kier molecular flexibility index (Phi) is 6.06. The van der Waals surface area contributed by atoms with E-state index < -0.39 is 15.6 Å². The van der Waals surface area contributed by atoms with Crippen LogP contribution in [0.4, 0.5) is 0 Å². The van der Waals surface area contributed by atoms with Crippen molar-refractivity contribution in [2.75, 3.05) is 7.05 Å². The second-order valence-corrected chi connectivity index (χ2v) is 10.1. The van der Waals surface area contributed by atoms with Crippen molar-refractivity contribution in [3.63, 3.8) is 0 Å². The van der Waals surface area contributed by atoms with Crippen molar-refractivity contribution in [2.45, 2.75) is 51.1 Å². The number of fused-ring (bicyclic) bond motifs is 1. The van der Waals surface area contributed by atoms with E-state index >= 15 is 0 Å². The second-order valence-electron chi connectivity index (χ2n) is 8.39. The number of para-hydroxylation sites is 1. The molecule has 0 aliphatic carbocycles. The molecule has 7 heteroatoms. The summed E-state index contributed by atoms with van der Waals surface area (Å²) in [6, 6.07) is 13.8. The molecule has 0 bridgehead atoms. The Morgan fingerprint density at radius 3 is 2.30 bits per heavy atom. The molecule has 0 aliphatic rings. The molecule has 0 saturated carbocycles. The number of amides is 1. The van der Waals surface area contributed by atoms with Gasteiger partial charge in [-0.2, -0.15) is 0 Å². The average molecular weight is 429 g/mol. The maximum absolute atomic E-state index is 12.9. The largest absolute Gasteiger partial charge is 0.461 e. The van der Waals surface area contributed by atoms with Gasteiger partial charge in [-0.1, -0.05) is 25.1 Å². The number of carbonyl (C=O) groups is 1. The molecule has 0 atom stereocenters. The molecule has 1 N–H and O–H groups in total.